The predicted molar refractivity (Wildman–Crippen MR) is 88.3 cm³/mol. The Morgan fingerprint density at radius 3 is 2.75 bits per heavy atom. The maximum absolute atomic E-state index is 5.83. The van der Waals surface area contributed by atoms with E-state index in [1.165, 1.54) is 5.56 Å². The van der Waals surface area contributed by atoms with Gasteiger partial charge >= 0.3 is 0 Å². The molecule has 1 aliphatic heterocycles. The van der Waals surface area contributed by atoms with E-state index >= 15 is 0 Å². The molecule has 4 heterocycles. The van der Waals surface area contributed by atoms with Gasteiger partial charge in [-0.2, -0.15) is 0 Å². The van der Waals surface area contributed by atoms with Gasteiger partial charge in [-0.3, -0.25) is 9.88 Å². The Balaban J connectivity index is 1.43. The molecule has 1 atom stereocenters. The number of hydrogen-bond donors (Lipinski definition) is 0. The van der Waals surface area contributed by atoms with Crippen LogP contribution in [0.4, 0.5) is 0 Å². The topological polar surface area (TPSA) is 68.2 Å². The van der Waals surface area contributed by atoms with Crippen molar-refractivity contribution in [3.63, 3.8) is 0 Å². The van der Waals surface area contributed by atoms with Crippen molar-refractivity contribution in [2.75, 3.05) is 13.1 Å². The second-order valence-corrected chi connectivity index (χ2v) is 6.33. The summed E-state index contributed by atoms with van der Waals surface area (Å²) >= 11 is 0. The van der Waals surface area contributed by atoms with Gasteiger partial charge in [0.2, 0.25) is 5.89 Å². The summed E-state index contributed by atoms with van der Waals surface area (Å²) in [5.74, 6) is 3.39. The first kappa shape index (κ1) is 15.1. The van der Waals surface area contributed by atoms with Crippen LogP contribution in [0.2, 0.25) is 0 Å². The third-order valence-electron chi connectivity index (χ3n) is 4.55. The molecule has 6 heteroatoms. The zero-order valence-electron chi connectivity index (χ0n) is 13.9. The quantitative estimate of drug-likeness (QED) is 0.733. The molecule has 0 radical (unpaired) electrons. The zero-order valence-corrected chi connectivity index (χ0v) is 13.9. The summed E-state index contributed by atoms with van der Waals surface area (Å²) in [4.78, 5) is 6.45. The predicted octanol–water partition coefficient (Wildman–Crippen LogP) is 3.33. The Kier molecular flexibility index (Phi) is 3.90. The first-order valence-electron chi connectivity index (χ1n) is 8.21. The molecule has 6 nitrogen and oxygen atoms in total. The molecule has 4 rings (SSSR count). The second kappa shape index (κ2) is 6.20. The molecule has 0 amide bonds. The standard InChI is InChI=1S/C18H20N4O2/c1-12-9-16(13(2)23-12)18-21-20-17(24-18)11-22-8-5-15(10-22)14-3-6-19-7-4-14/h3-4,6-7,9,15H,5,8,10-11H2,1-2H3. The molecule has 3 aromatic rings. The maximum Gasteiger partial charge on any atom is 0.251 e. The molecule has 124 valence electrons. The van der Waals surface area contributed by atoms with Crippen molar-refractivity contribution in [1.82, 2.24) is 20.1 Å². The van der Waals surface area contributed by atoms with Crippen molar-refractivity contribution in [3.05, 3.63) is 53.6 Å². The summed E-state index contributed by atoms with van der Waals surface area (Å²) in [6, 6.07) is 6.13. The third-order valence-corrected chi connectivity index (χ3v) is 4.55. The van der Waals surface area contributed by atoms with Crippen LogP contribution in [0.25, 0.3) is 11.5 Å². The van der Waals surface area contributed by atoms with Crippen molar-refractivity contribution in [1.29, 1.82) is 0 Å². The minimum absolute atomic E-state index is 0.532. The van der Waals surface area contributed by atoms with Gasteiger partial charge in [0, 0.05) is 18.9 Å². The van der Waals surface area contributed by atoms with Crippen LogP contribution in [0.5, 0.6) is 0 Å². The first-order valence-corrected chi connectivity index (χ1v) is 8.21. The molecule has 0 bridgehead atoms. The highest BCUT2D eigenvalue weighted by molar-refractivity contribution is 5.55. The van der Waals surface area contributed by atoms with Gasteiger partial charge in [-0.05, 0) is 56.5 Å². The Morgan fingerprint density at radius 1 is 1.17 bits per heavy atom. The number of hydrogen-bond acceptors (Lipinski definition) is 6. The molecule has 1 unspecified atom stereocenters. The Bertz CT molecular complexity index is 825. The van der Waals surface area contributed by atoms with E-state index in [0.29, 0.717) is 24.2 Å². The minimum Gasteiger partial charge on any atom is -0.466 e. The summed E-state index contributed by atoms with van der Waals surface area (Å²) in [6.07, 6.45) is 4.86. The molecular weight excluding hydrogens is 304 g/mol. The average Bonchev–Trinajstić information content (AvgIpc) is 3.29. The maximum atomic E-state index is 5.83. The SMILES string of the molecule is Cc1cc(-c2nnc(CN3CCC(c4ccncc4)C3)o2)c(C)o1. The lowest BCUT2D eigenvalue weighted by Gasteiger charge is -2.13. The molecule has 0 aliphatic carbocycles. The fraction of sp³-hybridized carbons (Fsp3) is 0.389. The van der Waals surface area contributed by atoms with Crippen LogP contribution >= 0.6 is 0 Å². The van der Waals surface area contributed by atoms with E-state index in [1.807, 2.05) is 32.3 Å². The minimum atomic E-state index is 0.532. The largest absolute Gasteiger partial charge is 0.466 e. The number of pyridine rings is 1. The van der Waals surface area contributed by atoms with Crippen molar-refractivity contribution >= 4 is 0 Å². The van der Waals surface area contributed by atoms with Crippen LogP contribution in [0.3, 0.4) is 0 Å². The van der Waals surface area contributed by atoms with E-state index in [4.69, 9.17) is 8.83 Å². The monoisotopic (exact) mass is 324 g/mol. The number of furan rings is 1. The van der Waals surface area contributed by atoms with Crippen LogP contribution in [0.1, 0.15) is 35.3 Å². The van der Waals surface area contributed by atoms with Gasteiger partial charge in [-0.25, -0.2) is 0 Å². The third kappa shape index (κ3) is 2.97. The number of aromatic nitrogens is 3. The molecule has 0 spiro atoms. The number of likely N-dealkylation sites (tertiary alicyclic amines) is 1. The molecule has 1 aliphatic rings. The lowest BCUT2D eigenvalue weighted by Crippen LogP contribution is -2.20. The lowest BCUT2D eigenvalue weighted by atomic mass is 10.00. The van der Waals surface area contributed by atoms with Crippen molar-refractivity contribution < 1.29 is 8.83 Å². The van der Waals surface area contributed by atoms with E-state index in [0.717, 1.165) is 36.6 Å². The van der Waals surface area contributed by atoms with E-state index in [9.17, 15) is 0 Å². The van der Waals surface area contributed by atoms with Crippen LogP contribution in [-0.2, 0) is 6.54 Å². The summed E-state index contributed by atoms with van der Waals surface area (Å²) < 4.78 is 11.4. The van der Waals surface area contributed by atoms with Gasteiger partial charge in [0.15, 0.2) is 0 Å². The average molecular weight is 324 g/mol. The normalized spacial score (nSPS) is 18.3. The number of rotatable bonds is 4. The summed E-state index contributed by atoms with van der Waals surface area (Å²) in [7, 11) is 0. The van der Waals surface area contributed by atoms with Crippen LogP contribution in [0.15, 0.2) is 39.4 Å². The summed E-state index contributed by atoms with van der Waals surface area (Å²) in [5.41, 5.74) is 2.23. The molecular formula is C18H20N4O2. The van der Waals surface area contributed by atoms with Crippen molar-refractivity contribution in [2.45, 2.75) is 32.7 Å². The molecule has 0 saturated carbocycles. The van der Waals surface area contributed by atoms with Gasteiger partial charge in [0.1, 0.15) is 11.5 Å². The van der Waals surface area contributed by atoms with Gasteiger partial charge in [-0.15, -0.1) is 10.2 Å². The summed E-state index contributed by atoms with van der Waals surface area (Å²) in [5, 5.41) is 8.36. The van der Waals surface area contributed by atoms with E-state index < -0.39 is 0 Å². The van der Waals surface area contributed by atoms with Gasteiger partial charge in [0.25, 0.3) is 5.89 Å². The smallest absolute Gasteiger partial charge is 0.251 e. The highest BCUT2D eigenvalue weighted by Crippen LogP contribution is 2.29. The molecule has 0 N–H and O–H groups in total. The molecule has 1 fully saturated rings. The molecule has 1 saturated heterocycles. The Morgan fingerprint density at radius 2 is 2.00 bits per heavy atom. The fourth-order valence-corrected chi connectivity index (χ4v) is 3.34. The highest BCUT2D eigenvalue weighted by Gasteiger charge is 2.25. The Labute approximate surface area is 140 Å². The zero-order chi connectivity index (χ0) is 16.5. The molecule has 24 heavy (non-hydrogen) atoms. The van der Waals surface area contributed by atoms with E-state index in [2.05, 4.69) is 32.2 Å². The number of nitrogens with zero attached hydrogens (tertiary/aromatic N) is 4. The Hall–Kier alpha value is -2.47. The number of aryl methyl sites for hydroxylation is 2. The van der Waals surface area contributed by atoms with Crippen LogP contribution in [0, 0.1) is 13.8 Å². The van der Waals surface area contributed by atoms with Crippen LogP contribution in [-0.4, -0.2) is 33.2 Å². The second-order valence-electron chi connectivity index (χ2n) is 6.33. The van der Waals surface area contributed by atoms with Gasteiger partial charge in [0.05, 0.1) is 12.1 Å². The van der Waals surface area contributed by atoms with Crippen LogP contribution < -0.4 is 0 Å². The molecule has 3 aromatic heterocycles. The lowest BCUT2D eigenvalue weighted by molar-refractivity contribution is 0.289. The summed E-state index contributed by atoms with van der Waals surface area (Å²) in [6.45, 7) is 6.55. The van der Waals surface area contributed by atoms with Crippen molar-refractivity contribution in [3.8, 4) is 11.5 Å². The van der Waals surface area contributed by atoms with E-state index in [1.54, 1.807) is 0 Å². The molecule has 0 aromatic carbocycles. The fourth-order valence-electron chi connectivity index (χ4n) is 3.34. The first-order chi connectivity index (χ1) is 11.7. The van der Waals surface area contributed by atoms with Gasteiger partial charge in [-0.1, -0.05) is 0 Å². The van der Waals surface area contributed by atoms with E-state index in [-0.39, 0.29) is 0 Å². The highest BCUT2D eigenvalue weighted by atomic mass is 16.4. The van der Waals surface area contributed by atoms with Crippen molar-refractivity contribution in [2.24, 2.45) is 0 Å². The van der Waals surface area contributed by atoms with Gasteiger partial charge < -0.3 is 8.83 Å².